The van der Waals surface area contributed by atoms with Crippen LogP contribution in [0, 0.1) is 32.5 Å². The van der Waals surface area contributed by atoms with Crippen LogP contribution in [0.1, 0.15) is 34.6 Å². The molecule has 1 aliphatic rings. The standard InChI is InChI=1S/C19H20FNO/c1-11-8-12(2)18(13(3)9-11)21-19(22)16-10-15(16)14-6-4-5-7-17(14)20/h4-9,15-16H,10H2,1-3H3,(H,21,22). The first-order valence-corrected chi connectivity index (χ1v) is 7.60. The molecule has 114 valence electrons. The molecule has 1 amide bonds. The average Bonchev–Trinajstić information content (AvgIpc) is 3.23. The summed E-state index contributed by atoms with van der Waals surface area (Å²) in [5, 5.41) is 3.03. The van der Waals surface area contributed by atoms with Crippen LogP contribution in [0.25, 0.3) is 0 Å². The van der Waals surface area contributed by atoms with Gasteiger partial charge in [-0.1, -0.05) is 35.9 Å². The van der Waals surface area contributed by atoms with Crippen molar-refractivity contribution in [3.8, 4) is 0 Å². The van der Waals surface area contributed by atoms with Crippen LogP contribution in [0.2, 0.25) is 0 Å². The molecular weight excluding hydrogens is 277 g/mol. The van der Waals surface area contributed by atoms with E-state index in [9.17, 15) is 9.18 Å². The fraction of sp³-hybridized carbons (Fsp3) is 0.316. The van der Waals surface area contributed by atoms with Crippen LogP contribution in [0.15, 0.2) is 36.4 Å². The molecule has 0 heterocycles. The van der Waals surface area contributed by atoms with E-state index in [0.29, 0.717) is 5.56 Å². The highest BCUT2D eigenvalue weighted by Gasteiger charge is 2.45. The number of aryl methyl sites for hydroxylation is 3. The molecule has 2 aromatic carbocycles. The van der Waals surface area contributed by atoms with Crippen LogP contribution in [0.3, 0.4) is 0 Å². The van der Waals surface area contributed by atoms with E-state index < -0.39 is 0 Å². The van der Waals surface area contributed by atoms with Gasteiger partial charge in [-0.05, 0) is 55.9 Å². The van der Waals surface area contributed by atoms with Crippen molar-refractivity contribution < 1.29 is 9.18 Å². The molecule has 2 unspecified atom stereocenters. The third-order valence-corrected chi connectivity index (χ3v) is 4.36. The molecule has 22 heavy (non-hydrogen) atoms. The Hall–Kier alpha value is -2.16. The van der Waals surface area contributed by atoms with E-state index in [4.69, 9.17) is 0 Å². The molecule has 2 aromatic rings. The van der Waals surface area contributed by atoms with Crippen LogP contribution in [0.4, 0.5) is 10.1 Å². The molecule has 0 aromatic heterocycles. The molecule has 0 saturated heterocycles. The van der Waals surface area contributed by atoms with Crippen molar-refractivity contribution in [2.75, 3.05) is 5.32 Å². The number of hydrogen-bond donors (Lipinski definition) is 1. The largest absolute Gasteiger partial charge is 0.325 e. The Labute approximate surface area is 130 Å². The first-order chi connectivity index (χ1) is 10.5. The van der Waals surface area contributed by atoms with E-state index in [2.05, 4.69) is 17.4 Å². The van der Waals surface area contributed by atoms with Gasteiger partial charge in [0.1, 0.15) is 5.82 Å². The summed E-state index contributed by atoms with van der Waals surface area (Å²) >= 11 is 0. The molecule has 3 heteroatoms. The predicted octanol–water partition coefficient (Wildman–Crippen LogP) is 4.49. The highest BCUT2D eigenvalue weighted by atomic mass is 19.1. The lowest BCUT2D eigenvalue weighted by Crippen LogP contribution is -2.16. The number of hydrogen-bond acceptors (Lipinski definition) is 1. The Morgan fingerprint density at radius 1 is 1.14 bits per heavy atom. The zero-order valence-electron chi connectivity index (χ0n) is 13.1. The quantitative estimate of drug-likeness (QED) is 0.888. The van der Waals surface area contributed by atoms with Crippen molar-refractivity contribution >= 4 is 11.6 Å². The minimum absolute atomic E-state index is 0.00672. The summed E-state index contributed by atoms with van der Waals surface area (Å²) in [5.74, 6) is -0.349. The number of amides is 1. The fourth-order valence-corrected chi connectivity index (χ4v) is 3.20. The van der Waals surface area contributed by atoms with Gasteiger partial charge in [-0.2, -0.15) is 0 Å². The number of nitrogens with one attached hydrogen (secondary N) is 1. The maximum Gasteiger partial charge on any atom is 0.228 e. The molecule has 2 nitrogen and oxygen atoms in total. The first-order valence-electron chi connectivity index (χ1n) is 7.60. The number of carbonyl (C=O) groups is 1. The molecule has 0 bridgehead atoms. The van der Waals surface area contributed by atoms with Crippen molar-refractivity contribution in [2.45, 2.75) is 33.1 Å². The second-order valence-electron chi connectivity index (χ2n) is 6.23. The zero-order chi connectivity index (χ0) is 15.9. The van der Waals surface area contributed by atoms with Crippen LogP contribution in [-0.4, -0.2) is 5.91 Å². The van der Waals surface area contributed by atoms with E-state index >= 15 is 0 Å². The van der Waals surface area contributed by atoms with Gasteiger partial charge in [-0.25, -0.2) is 4.39 Å². The van der Waals surface area contributed by atoms with Crippen LogP contribution in [-0.2, 0) is 4.79 Å². The molecule has 2 atom stereocenters. The van der Waals surface area contributed by atoms with Crippen LogP contribution >= 0.6 is 0 Å². The molecule has 1 aliphatic carbocycles. The Morgan fingerprint density at radius 3 is 2.41 bits per heavy atom. The Balaban J connectivity index is 1.74. The zero-order valence-corrected chi connectivity index (χ0v) is 13.1. The second kappa shape index (κ2) is 5.56. The minimum atomic E-state index is -0.217. The topological polar surface area (TPSA) is 29.1 Å². The average molecular weight is 297 g/mol. The van der Waals surface area contributed by atoms with E-state index in [0.717, 1.165) is 23.2 Å². The third kappa shape index (κ3) is 2.76. The second-order valence-corrected chi connectivity index (χ2v) is 6.23. The molecule has 0 spiro atoms. The Bertz CT molecular complexity index is 715. The molecule has 3 rings (SSSR count). The smallest absolute Gasteiger partial charge is 0.228 e. The number of rotatable bonds is 3. The van der Waals surface area contributed by atoms with Crippen molar-refractivity contribution in [3.63, 3.8) is 0 Å². The summed E-state index contributed by atoms with van der Waals surface area (Å²) in [7, 11) is 0. The normalized spacial score (nSPS) is 19.8. The Kier molecular flexibility index (Phi) is 3.73. The summed E-state index contributed by atoms with van der Waals surface area (Å²) in [6.07, 6.45) is 0.719. The lowest BCUT2D eigenvalue weighted by molar-refractivity contribution is -0.117. The van der Waals surface area contributed by atoms with E-state index in [1.165, 1.54) is 11.6 Å². The van der Waals surface area contributed by atoms with Crippen molar-refractivity contribution in [1.82, 2.24) is 0 Å². The van der Waals surface area contributed by atoms with Crippen molar-refractivity contribution in [2.24, 2.45) is 5.92 Å². The van der Waals surface area contributed by atoms with E-state index in [-0.39, 0.29) is 23.6 Å². The SMILES string of the molecule is Cc1cc(C)c(NC(=O)C2CC2c2ccccc2F)c(C)c1. The van der Waals surface area contributed by atoms with E-state index in [1.54, 1.807) is 12.1 Å². The van der Waals surface area contributed by atoms with Gasteiger partial charge in [0.2, 0.25) is 5.91 Å². The van der Waals surface area contributed by atoms with Crippen LogP contribution < -0.4 is 5.32 Å². The molecular formula is C19H20FNO. The lowest BCUT2D eigenvalue weighted by atomic mass is 10.0. The monoisotopic (exact) mass is 297 g/mol. The first kappa shape index (κ1) is 14.8. The number of halogens is 1. The van der Waals surface area contributed by atoms with Gasteiger partial charge >= 0.3 is 0 Å². The number of anilines is 1. The summed E-state index contributed by atoms with van der Waals surface area (Å²) in [4.78, 5) is 12.4. The van der Waals surface area contributed by atoms with Crippen molar-refractivity contribution in [1.29, 1.82) is 0 Å². The van der Waals surface area contributed by atoms with Gasteiger partial charge in [0.25, 0.3) is 0 Å². The lowest BCUT2D eigenvalue weighted by Gasteiger charge is -2.13. The van der Waals surface area contributed by atoms with Gasteiger partial charge in [0.15, 0.2) is 0 Å². The number of benzene rings is 2. The maximum atomic E-state index is 13.8. The van der Waals surface area contributed by atoms with Crippen molar-refractivity contribution in [3.05, 3.63) is 64.5 Å². The van der Waals surface area contributed by atoms with Gasteiger partial charge in [-0.15, -0.1) is 0 Å². The Morgan fingerprint density at radius 2 is 1.77 bits per heavy atom. The maximum absolute atomic E-state index is 13.8. The highest BCUT2D eigenvalue weighted by Crippen LogP contribution is 2.48. The molecule has 0 radical (unpaired) electrons. The van der Waals surface area contributed by atoms with E-state index in [1.807, 2.05) is 26.8 Å². The van der Waals surface area contributed by atoms with Gasteiger partial charge in [-0.3, -0.25) is 4.79 Å². The highest BCUT2D eigenvalue weighted by molar-refractivity contribution is 5.96. The fourth-order valence-electron chi connectivity index (χ4n) is 3.20. The molecule has 1 N–H and O–H groups in total. The van der Waals surface area contributed by atoms with Gasteiger partial charge in [0, 0.05) is 11.6 Å². The summed E-state index contributed by atoms with van der Waals surface area (Å²) in [6, 6.07) is 10.8. The van der Waals surface area contributed by atoms with Gasteiger partial charge < -0.3 is 5.32 Å². The molecule has 1 saturated carbocycles. The molecule has 0 aliphatic heterocycles. The number of carbonyl (C=O) groups excluding carboxylic acids is 1. The summed E-state index contributed by atoms with van der Waals surface area (Å²) in [6.45, 7) is 6.04. The predicted molar refractivity (Wildman–Crippen MR) is 86.5 cm³/mol. The minimum Gasteiger partial charge on any atom is -0.325 e. The third-order valence-electron chi connectivity index (χ3n) is 4.36. The van der Waals surface area contributed by atoms with Gasteiger partial charge in [0.05, 0.1) is 0 Å². The van der Waals surface area contributed by atoms with Crippen LogP contribution in [0.5, 0.6) is 0 Å². The summed E-state index contributed by atoms with van der Waals surface area (Å²) in [5.41, 5.74) is 4.85. The summed E-state index contributed by atoms with van der Waals surface area (Å²) < 4.78 is 13.8. The molecule has 1 fully saturated rings.